The number of hydrogen-bond donors (Lipinski definition) is 2. The molecule has 6 nitrogen and oxygen atoms in total. The Morgan fingerprint density at radius 3 is 2.61 bits per heavy atom. The van der Waals surface area contributed by atoms with E-state index in [9.17, 15) is 4.79 Å². The smallest absolute Gasteiger partial charge is 0.222 e. The second-order valence-corrected chi connectivity index (χ2v) is 8.06. The minimum absolute atomic E-state index is 0.266. The van der Waals surface area contributed by atoms with Crippen molar-refractivity contribution in [1.29, 1.82) is 0 Å². The zero-order valence-electron chi connectivity index (χ0n) is 17.3. The highest BCUT2D eigenvalue weighted by atomic mass is 16.5. The molecule has 154 valence electrons. The molecule has 1 aliphatic carbocycles. The summed E-state index contributed by atoms with van der Waals surface area (Å²) >= 11 is 0. The topological polar surface area (TPSA) is 66.0 Å². The summed E-state index contributed by atoms with van der Waals surface area (Å²) in [5, 5.41) is 6.95. The number of carbonyl (C=O) groups is 1. The Morgan fingerprint density at radius 1 is 1.21 bits per heavy atom. The van der Waals surface area contributed by atoms with Crippen LogP contribution >= 0.6 is 0 Å². The van der Waals surface area contributed by atoms with Gasteiger partial charge in [-0.25, -0.2) is 0 Å². The summed E-state index contributed by atoms with van der Waals surface area (Å²) < 4.78 is 5.29. The van der Waals surface area contributed by atoms with Crippen molar-refractivity contribution in [2.75, 3.05) is 33.9 Å². The van der Waals surface area contributed by atoms with E-state index in [1.165, 1.54) is 30.4 Å². The zero-order valence-corrected chi connectivity index (χ0v) is 17.3. The van der Waals surface area contributed by atoms with Gasteiger partial charge in [0.05, 0.1) is 0 Å². The third kappa shape index (κ3) is 5.25. The van der Waals surface area contributed by atoms with E-state index in [1.54, 1.807) is 7.11 Å². The average molecular weight is 387 g/mol. The molecule has 0 radical (unpaired) electrons. The molecule has 1 aromatic carbocycles. The van der Waals surface area contributed by atoms with Gasteiger partial charge in [0.15, 0.2) is 5.96 Å². The molecule has 2 N–H and O–H groups in total. The van der Waals surface area contributed by atoms with Crippen molar-refractivity contribution in [3.8, 4) is 0 Å². The van der Waals surface area contributed by atoms with Crippen LogP contribution in [0.2, 0.25) is 0 Å². The summed E-state index contributed by atoms with van der Waals surface area (Å²) in [5.41, 5.74) is 2.76. The fraction of sp³-hybridized carbons (Fsp3) is 0.636. The number of nitrogens with one attached hydrogen (secondary N) is 2. The first-order chi connectivity index (χ1) is 13.7. The second-order valence-electron chi connectivity index (χ2n) is 8.06. The SMILES string of the molecule is CN=C(NCc1ccccc1CN1CCCC1=O)NCC1(CCOC)CCC1. The van der Waals surface area contributed by atoms with E-state index >= 15 is 0 Å². The number of ether oxygens (including phenoxy) is 1. The van der Waals surface area contributed by atoms with Crippen molar-refractivity contribution in [3.05, 3.63) is 35.4 Å². The van der Waals surface area contributed by atoms with Crippen LogP contribution in [0.5, 0.6) is 0 Å². The molecule has 1 saturated carbocycles. The molecular weight excluding hydrogens is 352 g/mol. The van der Waals surface area contributed by atoms with Gasteiger partial charge < -0.3 is 20.3 Å². The number of guanidine groups is 1. The molecule has 6 heteroatoms. The molecule has 2 fully saturated rings. The first kappa shape index (κ1) is 20.6. The van der Waals surface area contributed by atoms with Crippen LogP contribution in [0.25, 0.3) is 0 Å². The maximum atomic E-state index is 12.0. The number of methoxy groups -OCH3 is 1. The molecule has 1 saturated heterocycles. The minimum atomic E-state index is 0.266. The zero-order chi connectivity index (χ0) is 19.8. The lowest BCUT2D eigenvalue weighted by Crippen LogP contribution is -2.46. The molecule has 2 aliphatic rings. The fourth-order valence-corrected chi connectivity index (χ4v) is 4.14. The van der Waals surface area contributed by atoms with Crippen LogP contribution in [0.15, 0.2) is 29.3 Å². The lowest BCUT2D eigenvalue weighted by molar-refractivity contribution is -0.128. The molecule has 28 heavy (non-hydrogen) atoms. The van der Waals surface area contributed by atoms with Crippen molar-refractivity contribution in [2.24, 2.45) is 10.4 Å². The number of amides is 1. The second kappa shape index (κ2) is 9.92. The van der Waals surface area contributed by atoms with E-state index in [-0.39, 0.29) is 5.91 Å². The first-order valence-electron chi connectivity index (χ1n) is 10.4. The Labute approximate surface area is 168 Å². The van der Waals surface area contributed by atoms with Gasteiger partial charge in [-0.3, -0.25) is 9.79 Å². The number of rotatable bonds is 9. The normalized spacial score (nSPS) is 18.9. The summed E-state index contributed by atoms with van der Waals surface area (Å²) in [6.07, 6.45) is 6.57. The fourth-order valence-electron chi connectivity index (χ4n) is 4.14. The molecule has 0 spiro atoms. The quantitative estimate of drug-likeness (QED) is 0.506. The van der Waals surface area contributed by atoms with Gasteiger partial charge in [-0.1, -0.05) is 30.7 Å². The van der Waals surface area contributed by atoms with Gasteiger partial charge in [0.2, 0.25) is 5.91 Å². The van der Waals surface area contributed by atoms with Crippen LogP contribution in [0, 0.1) is 5.41 Å². The molecule has 1 amide bonds. The molecule has 1 aromatic rings. The van der Waals surface area contributed by atoms with Gasteiger partial charge >= 0.3 is 0 Å². The third-order valence-corrected chi connectivity index (χ3v) is 6.20. The van der Waals surface area contributed by atoms with Crippen LogP contribution in [0.1, 0.15) is 49.7 Å². The monoisotopic (exact) mass is 386 g/mol. The van der Waals surface area contributed by atoms with Crippen LogP contribution in [0.3, 0.4) is 0 Å². The number of aliphatic imine (C=N–C) groups is 1. The molecule has 1 aliphatic heterocycles. The Bertz CT molecular complexity index is 685. The third-order valence-electron chi connectivity index (χ3n) is 6.20. The van der Waals surface area contributed by atoms with Crippen molar-refractivity contribution in [2.45, 2.75) is 51.6 Å². The van der Waals surface area contributed by atoms with E-state index in [1.807, 2.05) is 18.0 Å². The number of hydrogen-bond acceptors (Lipinski definition) is 3. The molecule has 1 heterocycles. The van der Waals surface area contributed by atoms with Crippen LogP contribution in [0.4, 0.5) is 0 Å². The highest BCUT2D eigenvalue weighted by molar-refractivity contribution is 5.80. The molecule has 3 rings (SSSR count). The summed E-state index contributed by atoms with van der Waals surface area (Å²) in [6.45, 7) is 4.01. The van der Waals surface area contributed by atoms with Crippen molar-refractivity contribution in [3.63, 3.8) is 0 Å². The van der Waals surface area contributed by atoms with Crippen molar-refractivity contribution < 1.29 is 9.53 Å². The minimum Gasteiger partial charge on any atom is -0.385 e. The summed E-state index contributed by atoms with van der Waals surface area (Å²) in [7, 11) is 3.58. The van der Waals surface area contributed by atoms with E-state index in [0.29, 0.717) is 24.9 Å². The van der Waals surface area contributed by atoms with Crippen LogP contribution < -0.4 is 10.6 Å². The average Bonchev–Trinajstić information content (AvgIpc) is 3.08. The van der Waals surface area contributed by atoms with Crippen LogP contribution in [-0.4, -0.2) is 50.6 Å². The van der Waals surface area contributed by atoms with Crippen molar-refractivity contribution in [1.82, 2.24) is 15.5 Å². The number of nitrogens with zero attached hydrogens (tertiary/aromatic N) is 2. The lowest BCUT2D eigenvalue weighted by atomic mass is 9.67. The van der Waals surface area contributed by atoms with E-state index < -0.39 is 0 Å². The Kier molecular flexibility index (Phi) is 7.31. The maximum absolute atomic E-state index is 12.0. The predicted octanol–water partition coefficient (Wildman–Crippen LogP) is 2.68. The van der Waals surface area contributed by atoms with E-state index in [2.05, 4.69) is 33.8 Å². The van der Waals surface area contributed by atoms with E-state index in [0.717, 1.165) is 38.5 Å². The largest absolute Gasteiger partial charge is 0.385 e. The number of likely N-dealkylation sites (tertiary alicyclic amines) is 1. The first-order valence-corrected chi connectivity index (χ1v) is 10.4. The Morgan fingerprint density at radius 2 is 2.00 bits per heavy atom. The summed E-state index contributed by atoms with van der Waals surface area (Å²) in [4.78, 5) is 18.3. The van der Waals surface area contributed by atoms with Gasteiger partial charge in [0.25, 0.3) is 0 Å². The van der Waals surface area contributed by atoms with Gasteiger partial charge in [0, 0.05) is 53.4 Å². The number of benzene rings is 1. The molecule has 0 aromatic heterocycles. The molecule has 0 atom stereocenters. The predicted molar refractivity (Wildman–Crippen MR) is 112 cm³/mol. The van der Waals surface area contributed by atoms with Gasteiger partial charge in [-0.15, -0.1) is 0 Å². The maximum Gasteiger partial charge on any atom is 0.222 e. The Balaban J connectivity index is 1.53. The van der Waals surface area contributed by atoms with E-state index in [4.69, 9.17) is 4.74 Å². The lowest BCUT2D eigenvalue weighted by Gasteiger charge is -2.42. The number of carbonyl (C=O) groups excluding carboxylic acids is 1. The highest BCUT2D eigenvalue weighted by Gasteiger charge is 2.36. The highest BCUT2D eigenvalue weighted by Crippen LogP contribution is 2.43. The van der Waals surface area contributed by atoms with Gasteiger partial charge in [0.1, 0.15) is 0 Å². The standard InChI is InChI=1S/C22H34N4O2/c1-23-21(25-17-22(10-6-11-22)12-14-28-2)24-15-18-7-3-4-8-19(18)16-26-13-5-9-20(26)27/h3-4,7-8H,5-6,9-17H2,1-2H3,(H2,23,24,25). The summed E-state index contributed by atoms with van der Waals surface area (Å²) in [6, 6.07) is 8.34. The molecule has 0 unspecified atom stereocenters. The van der Waals surface area contributed by atoms with Crippen molar-refractivity contribution >= 4 is 11.9 Å². The molecule has 0 bridgehead atoms. The van der Waals surface area contributed by atoms with Gasteiger partial charge in [-0.2, -0.15) is 0 Å². The molecular formula is C22H34N4O2. The Hall–Kier alpha value is -2.08. The summed E-state index contributed by atoms with van der Waals surface area (Å²) in [5.74, 6) is 1.10. The van der Waals surface area contributed by atoms with Crippen LogP contribution in [-0.2, 0) is 22.6 Å². The van der Waals surface area contributed by atoms with Gasteiger partial charge in [-0.05, 0) is 42.2 Å².